The third kappa shape index (κ3) is 7.44. The van der Waals surface area contributed by atoms with Crippen molar-refractivity contribution in [2.45, 2.75) is 25.0 Å². The summed E-state index contributed by atoms with van der Waals surface area (Å²) in [5.74, 6) is 2.19. The van der Waals surface area contributed by atoms with Crippen LogP contribution in [0, 0.1) is 21.4 Å². The van der Waals surface area contributed by atoms with E-state index in [9.17, 15) is 10.1 Å². The molecule has 1 unspecified atom stereocenters. The van der Waals surface area contributed by atoms with Gasteiger partial charge in [0.25, 0.3) is 5.70 Å². The number of aromatic nitrogens is 1. The van der Waals surface area contributed by atoms with Crippen molar-refractivity contribution in [3.63, 3.8) is 0 Å². The van der Waals surface area contributed by atoms with Crippen LogP contribution in [0.15, 0.2) is 47.2 Å². The average Bonchev–Trinajstić information content (AvgIpc) is 3.19. The molecule has 2 heterocycles. The molecule has 6 N–H and O–H groups in total. The van der Waals surface area contributed by atoms with E-state index in [1.807, 2.05) is 23.6 Å². The van der Waals surface area contributed by atoms with E-state index < -0.39 is 0 Å². The lowest BCUT2D eigenvalue weighted by Gasteiger charge is -2.25. The summed E-state index contributed by atoms with van der Waals surface area (Å²) in [6.07, 6.45) is 2.33. The van der Waals surface area contributed by atoms with E-state index in [1.54, 1.807) is 11.8 Å². The van der Waals surface area contributed by atoms with Gasteiger partial charge in [0.15, 0.2) is 16.9 Å². The van der Waals surface area contributed by atoms with Gasteiger partial charge in [-0.15, -0.1) is 11.3 Å². The minimum absolute atomic E-state index is 0.130. The summed E-state index contributed by atoms with van der Waals surface area (Å²) in [5.41, 5.74) is 7.72. The minimum Gasteiger partial charge on any atom is -0.370 e. The van der Waals surface area contributed by atoms with Crippen LogP contribution in [0.3, 0.4) is 0 Å². The summed E-state index contributed by atoms with van der Waals surface area (Å²) < 4.78 is 0. The van der Waals surface area contributed by atoms with Crippen molar-refractivity contribution in [1.82, 2.24) is 15.6 Å². The Labute approximate surface area is 189 Å². The molecule has 0 fully saturated rings. The molecule has 3 rings (SSSR count). The molecule has 2 aromatic rings. The second-order valence-electron chi connectivity index (χ2n) is 7.22. The number of rotatable bonds is 11. The van der Waals surface area contributed by atoms with Crippen LogP contribution in [0.5, 0.6) is 0 Å². The lowest BCUT2D eigenvalue weighted by Crippen LogP contribution is -2.39. The molecule has 0 amide bonds. The van der Waals surface area contributed by atoms with E-state index in [0.29, 0.717) is 23.9 Å². The molecule has 0 saturated carbocycles. The number of nitro groups is 1. The molecule has 1 aromatic carbocycles. The zero-order valence-corrected chi connectivity index (χ0v) is 18.7. The Balaban J connectivity index is 1.41. The van der Waals surface area contributed by atoms with Crippen molar-refractivity contribution >= 4 is 34.2 Å². The van der Waals surface area contributed by atoms with Crippen molar-refractivity contribution in [2.75, 3.05) is 24.2 Å². The molecule has 11 heteroatoms. The third-order valence-corrected chi connectivity index (χ3v) is 6.63. The monoisotopic (exact) mass is 461 g/mol. The summed E-state index contributed by atoms with van der Waals surface area (Å²) in [5, 5.41) is 30.4. The number of nitrogens with two attached hydrogens (primary N) is 1. The van der Waals surface area contributed by atoms with Gasteiger partial charge in [0.1, 0.15) is 0 Å². The number of hydrogen-bond donors (Lipinski definition) is 5. The van der Waals surface area contributed by atoms with Crippen LogP contribution >= 0.6 is 23.1 Å². The number of thioether (sulfide) groups is 1. The van der Waals surface area contributed by atoms with Gasteiger partial charge in [0.05, 0.1) is 10.6 Å². The maximum atomic E-state index is 11.6. The average molecular weight is 462 g/mol. The molecule has 1 atom stereocenters. The fraction of sp³-hybridized carbons (Fsp3) is 0.400. The lowest BCUT2D eigenvalue weighted by atomic mass is 9.93. The van der Waals surface area contributed by atoms with Crippen LogP contribution < -0.4 is 21.7 Å². The van der Waals surface area contributed by atoms with Crippen molar-refractivity contribution in [3.8, 4) is 0 Å². The van der Waals surface area contributed by atoms with Gasteiger partial charge in [0.2, 0.25) is 0 Å². The van der Waals surface area contributed by atoms with E-state index in [1.165, 1.54) is 16.9 Å². The van der Waals surface area contributed by atoms with Gasteiger partial charge in [-0.25, -0.2) is 4.98 Å². The van der Waals surface area contributed by atoms with E-state index >= 15 is 0 Å². The molecule has 31 heavy (non-hydrogen) atoms. The summed E-state index contributed by atoms with van der Waals surface area (Å²) in [6, 6.07) is 10.2. The Kier molecular flexibility index (Phi) is 8.53. The van der Waals surface area contributed by atoms with Gasteiger partial charge in [-0.1, -0.05) is 30.3 Å². The van der Waals surface area contributed by atoms with Gasteiger partial charge >= 0.3 is 0 Å². The Morgan fingerprint density at radius 2 is 2.23 bits per heavy atom. The summed E-state index contributed by atoms with van der Waals surface area (Å²) in [6.45, 7) is 1.37. The second-order valence-corrected chi connectivity index (χ2v) is 9.18. The molecule has 0 spiro atoms. The number of nitrogens with one attached hydrogen (secondary N) is 4. The SMILES string of the molecule is N=C(N)Nc1nc(CSCCNC2=C([N+](=O)[O-])CC(CCc3ccccc3)CN2)cs1. The van der Waals surface area contributed by atoms with Crippen molar-refractivity contribution in [2.24, 2.45) is 11.7 Å². The fourth-order valence-electron chi connectivity index (χ4n) is 3.32. The molecule has 1 aliphatic rings. The van der Waals surface area contributed by atoms with Crippen LogP contribution in [0.4, 0.5) is 5.13 Å². The number of guanidine groups is 1. The zero-order chi connectivity index (χ0) is 22.1. The first-order chi connectivity index (χ1) is 15.0. The van der Waals surface area contributed by atoms with Gasteiger partial charge in [0, 0.05) is 36.4 Å². The molecule has 166 valence electrons. The van der Waals surface area contributed by atoms with Gasteiger partial charge in [-0.3, -0.25) is 15.5 Å². The maximum absolute atomic E-state index is 11.6. The van der Waals surface area contributed by atoms with E-state index in [4.69, 9.17) is 11.1 Å². The number of benzene rings is 1. The normalized spacial score (nSPS) is 15.9. The second kappa shape index (κ2) is 11.6. The van der Waals surface area contributed by atoms with E-state index in [2.05, 4.69) is 33.1 Å². The predicted octanol–water partition coefficient (Wildman–Crippen LogP) is 2.96. The zero-order valence-electron chi connectivity index (χ0n) is 17.1. The quantitative estimate of drug-likeness (QED) is 0.113. The first kappa shape index (κ1) is 22.9. The highest BCUT2D eigenvalue weighted by Gasteiger charge is 2.28. The smallest absolute Gasteiger partial charge is 0.286 e. The predicted molar refractivity (Wildman–Crippen MR) is 127 cm³/mol. The molecule has 0 radical (unpaired) electrons. The lowest BCUT2D eigenvalue weighted by molar-refractivity contribution is -0.431. The number of nitrogens with zero attached hydrogens (tertiary/aromatic N) is 2. The summed E-state index contributed by atoms with van der Waals surface area (Å²) in [4.78, 5) is 15.6. The number of aryl methyl sites for hydroxylation is 1. The van der Waals surface area contributed by atoms with Crippen LogP contribution in [0.2, 0.25) is 0 Å². The van der Waals surface area contributed by atoms with Gasteiger partial charge in [-0.2, -0.15) is 11.8 Å². The van der Waals surface area contributed by atoms with Crippen molar-refractivity contribution in [1.29, 1.82) is 5.41 Å². The van der Waals surface area contributed by atoms with Gasteiger partial charge < -0.3 is 21.7 Å². The van der Waals surface area contributed by atoms with Crippen LogP contribution in [0.25, 0.3) is 0 Å². The number of thiazole rings is 1. The highest BCUT2D eigenvalue weighted by Crippen LogP contribution is 2.24. The topological polar surface area (TPSA) is 142 Å². The van der Waals surface area contributed by atoms with Gasteiger partial charge in [-0.05, 0) is 24.3 Å². The largest absolute Gasteiger partial charge is 0.370 e. The van der Waals surface area contributed by atoms with Crippen LogP contribution in [-0.4, -0.2) is 34.7 Å². The van der Waals surface area contributed by atoms with E-state index in [-0.39, 0.29) is 22.5 Å². The summed E-state index contributed by atoms with van der Waals surface area (Å²) >= 11 is 3.10. The molecule has 1 aliphatic heterocycles. The first-order valence-electron chi connectivity index (χ1n) is 10.0. The molecule has 1 aromatic heterocycles. The van der Waals surface area contributed by atoms with E-state index in [0.717, 1.165) is 36.6 Å². The highest BCUT2D eigenvalue weighted by molar-refractivity contribution is 7.98. The first-order valence-corrected chi connectivity index (χ1v) is 12.1. The Hall–Kier alpha value is -2.79. The molecule has 0 bridgehead atoms. The minimum atomic E-state index is -0.268. The fourth-order valence-corrected chi connectivity index (χ4v) is 4.89. The molecule has 0 saturated heterocycles. The van der Waals surface area contributed by atoms with Crippen LogP contribution in [0.1, 0.15) is 24.1 Å². The molecule has 9 nitrogen and oxygen atoms in total. The molecular weight excluding hydrogens is 434 g/mol. The van der Waals surface area contributed by atoms with Crippen molar-refractivity contribution < 1.29 is 4.92 Å². The number of allylic oxidation sites excluding steroid dienone is 1. The highest BCUT2D eigenvalue weighted by atomic mass is 32.2. The number of anilines is 1. The van der Waals surface area contributed by atoms with Crippen LogP contribution in [-0.2, 0) is 12.2 Å². The standard InChI is InChI=1S/C20H27N7O2S2/c21-19(22)26-20-25-16(13-31-20)12-30-9-8-23-18-17(27(28)29)10-15(11-24-18)7-6-14-4-2-1-3-5-14/h1-5,13,15,23-24H,6-12H2,(H4,21,22,25,26). The Bertz CT molecular complexity index is 917. The third-order valence-electron chi connectivity index (χ3n) is 4.83. The summed E-state index contributed by atoms with van der Waals surface area (Å²) in [7, 11) is 0. The van der Waals surface area contributed by atoms with Crippen molar-refractivity contribution in [3.05, 3.63) is 68.6 Å². The molecular formula is C20H27N7O2S2. The number of hydrogen-bond acceptors (Lipinski definition) is 8. The Morgan fingerprint density at radius 3 is 2.97 bits per heavy atom. The maximum Gasteiger partial charge on any atom is 0.286 e. The Morgan fingerprint density at radius 1 is 1.42 bits per heavy atom. The molecule has 0 aliphatic carbocycles.